The SMILES string of the molecule is NC(CO)(COc1ccccc1F)c1ccccc1. The van der Waals surface area contributed by atoms with Crippen molar-refractivity contribution in [3.63, 3.8) is 0 Å². The number of hydrogen-bond donors (Lipinski definition) is 2. The molecule has 0 radical (unpaired) electrons. The maximum Gasteiger partial charge on any atom is 0.165 e. The number of para-hydroxylation sites is 1. The van der Waals surface area contributed by atoms with E-state index in [1.807, 2.05) is 18.2 Å². The number of rotatable bonds is 5. The van der Waals surface area contributed by atoms with Gasteiger partial charge in [-0.25, -0.2) is 4.39 Å². The molecule has 0 aromatic heterocycles. The van der Waals surface area contributed by atoms with Gasteiger partial charge in [0.2, 0.25) is 0 Å². The van der Waals surface area contributed by atoms with Crippen LogP contribution in [0.3, 0.4) is 0 Å². The van der Waals surface area contributed by atoms with Crippen LogP contribution in [0, 0.1) is 5.82 Å². The Kier molecular flexibility index (Phi) is 4.14. The molecular weight excluding hydrogens is 245 g/mol. The molecule has 0 bridgehead atoms. The van der Waals surface area contributed by atoms with Gasteiger partial charge in [0.1, 0.15) is 6.61 Å². The van der Waals surface area contributed by atoms with Crippen LogP contribution in [0.5, 0.6) is 5.75 Å². The van der Waals surface area contributed by atoms with E-state index in [4.69, 9.17) is 10.5 Å². The van der Waals surface area contributed by atoms with Gasteiger partial charge < -0.3 is 15.6 Å². The van der Waals surface area contributed by atoms with Crippen molar-refractivity contribution < 1.29 is 14.2 Å². The quantitative estimate of drug-likeness (QED) is 0.866. The average molecular weight is 261 g/mol. The third-order valence-corrected chi connectivity index (χ3v) is 2.95. The summed E-state index contributed by atoms with van der Waals surface area (Å²) in [6, 6.07) is 15.2. The molecule has 3 N–H and O–H groups in total. The Labute approximate surface area is 111 Å². The highest BCUT2D eigenvalue weighted by Gasteiger charge is 2.27. The topological polar surface area (TPSA) is 55.5 Å². The second-order valence-electron chi connectivity index (χ2n) is 4.40. The fraction of sp³-hybridized carbons (Fsp3) is 0.200. The highest BCUT2D eigenvalue weighted by molar-refractivity contribution is 5.27. The van der Waals surface area contributed by atoms with Crippen LogP contribution in [-0.2, 0) is 5.54 Å². The van der Waals surface area contributed by atoms with Gasteiger partial charge in [-0.15, -0.1) is 0 Å². The Morgan fingerprint density at radius 1 is 1.05 bits per heavy atom. The minimum absolute atomic E-state index is 0.00551. The zero-order chi connectivity index (χ0) is 13.7. The molecule has 4 heteroatoms. The highest BCUT2D eigenvalue weighted by Crippen LogP contribution is 2.21. The van der Waals surface area contributed by atoms with E-state index in [0.717, 1.165) is 5.56 Å². The lowest BCUT2D eigenvalue weighted by atomic mass is 9.93. The molecule has 2 aromatic rings. The molecule has 0 aliphatic rings. The number of nitrogens with two attached hydrogens (primary N) is 1. The fourth-order valence-corrected chi connectivity index (χ4v) is 1.76. The van der Waals surface area contributed by atoms with E-state index < -0.39 is 11.4 Å². The van der Waals surface area contributed by atoms with Crippen molar-refractivity contribution in [2.75, 3.05) is 13.2 Å². The van der Waals surface area contributed by atoms with Crippen LogP contribution in [-0.4, -0.2) is 18.3 Å². The minimum Gasteiger partial charge on any atom is -0.488 e. The van der Waals surface area contributed by atoms with E-state index in [-0.39, 0.29) is 19.0 Å². The van der Waals surface area contributed by atoms with Gasteiger partial charge in [-0.3, -0.25) is 0 Å². The molecule has 0 aliphatic carbocycles. The normalized spacial score (nSPS) is 13.8. The van der Waals surface area contributed by atoms with Gasteiger partial charge in [-0.1, -0.05) is 42.5 Å². The number of ether oxygens (including phenoxy) is 1. The van der Waals surface area contributed by atoms with Crippen LogP contribution < -0.4 is 10.5 Å². The second-order valence-corrected chi connectivity index (χ2v) is 4.40. The van der Waals surface area contributed by atoms with Crippen molar-refractivity contribution in [2.45, 2.75) is 5.54 Å². The number of aliphatic hydroxyl groups excluding tert-OH is 1. The van der Waals surface area contributed by atoms with Crippen molar-refractivity contribution in [3.8, 4) is 5.75 Å². The molecule has 0 spiro atoms. The van der Waals surface area contributed by atoms with Gasteiger partial charge in [-0.05, 0) is 17.7 Å². The van der Waals surface area contributed by atoms with Gasteiger partial charge in [0, 0.05) is 0 Å². The summed E-state index contributed by atoms with van der Waals surface area (Å²) in [5.74, 6) is -0.322. The summed E-state index contributed by atoms with van der Waals surface area (Å²) in [6.07, 6.45) is 0. The average Bonchev–Trinajstić information content (AvgIpc) is 2.47. The van der Waals surface area contributed by atoms with Gasteiger partial charge in [0.25, 0.3) is 0 Å². The number of aliphatic hydroxyl groups is 1. The molecular formula is C15H16FNO2. The Bertz CT molecular complexity index is 533. The molecule has 1 atom stereocenters. The smallest absolute Gasteiger partial charge is 0.165 e. The number of benzene rings is 2. The van der Waals surface area contributed by atoms with E-state index in [9.17, 15) is 9.50 Å². The standard InChI is InChI=1S/C15H16FNO2/c16-13-8-4-5-9-14(13)19-11-15(17,10-18)12-6-2-1-3-7-12/h1-9,18H,10-11,17H2. The summed E-state index contributed by atoms with van der Waals surface area (Å²) in [5.41, 5.74) is 5.81. The Hall–Kier alpha value is -1.91. The van der Waals surface area contributed by atoms with Crippen molar-refractivity contribution in [1.82, 2.24) is 0 Å². The monoisotopic (exact) mass is 261 g/mol. The van der Waals surface area contributed by atoms with Crippen molar-refractivity contribution in [3.05, 3.63) is 66.0 Å². The lowest BCUT2D eigenvalue weighted by Gasteiger charge is -2.27. The number of hydrogen-bond acceptors (Lipinski definition) is 3. The lowest BCUT2D eigenvalue weighted by Crippen LogP contribution is -2.46. The summed E-state index contributed by atoms with van der Waals surface area (Å²) < 4.78 is 18.8. The van der Waals surface area contributed by atoms with Gasteiger partial charge >= 0.3 is 0 Å². The molecule has 0 saturated carbocycles. The third kappa shape index (κ3) is 3.10. The molecule has 2 aromatic carbocycles. The van der Waals surface area contributed by atoms with E-state index in [1.165, 1.54) is 12.1 Å². The highest BCUT2D eigenvalue weighted by atomic mass is 19.1. The third-order valence-electron chi connectivity index (χ3n) is 2.95. The first kappa shape index (κ1) is 13.5. The summed E-state index contributed by atoms with van der Waals surface area (Å²) in [6.45, 7) is -0.292. The van der Waals surface area contributed by atoms with Crippen molar-refractivity contribution in [2.24, 2.45) is 5.73 Å². The summed E-state index contributed by atoms with van der Waals surface area (Å²) >= 11 is 0. The molecule has 0 heterocycles. The van der Waals surface area contributed by atoms with Crippen LogP contribution >= 0.6 is 0 Å². The number of halogens is 1. The van der Waals surface area contributed by atoms with E-state index in [2.05, 4.69) is 0 Å². The van der Waals surface area contributed by atoms with Crippen LogP contribution in [0.25, 0.3) is 0 Å². The van der Waals surface area contributed by atoms with Crippen LogP contribution in [0.1, 0.15) is 5.56 Å². The molecule has 0 saturated heterocycles. The first-order valence-corrected chi connectivity index (χ1v) is 5.98. The lowest BCUT2D eigenvalue weighted by molar-refractivity contribution is 0.130. The molecule has 3 nitrogen and oxygen atoms in total. The first-order chi connectivity index (χ1) is 9.15. The van der Waals surface area contributed by atoms with Gasteiger partial charge in [-0.2, -0.15) is 0 Å². The Morgan fingerprint density at radius 3 is 2.32 bits per heavy atom. The maximum atomic E-state index is 13.4. The predicted octanol–water partition coefficient (Wildman–Crippen LogP) is 2.05. The first-order valence-electron chi connectivity index (χ1n) is 5.98. The Morgan fingerprint density at radius 2 is 1.68 bits per heavy atom. The molecule has 0 fully saturated rings. The summed E-state index contributed by atoms with van der Waals surface area (Å²) in [7, 11) is 0. The second kappa shape index (κ2) is 5.82. The van der Waals surface area contributed by atoms with E-state index in [0.29, 0.717) is 0 Å². The van der Waals surface area contributed by atoms with Gasteiger partial charge in [0.15, 0.2) is 11.6 Å². The zero-order valence-electron chi connectivity index (χ0n) is 10.4. The molecule has 0 aliphatic heterocycles. The molecule has 2 rings (SSSR count). The van der Waals surface area contributed by atoms with E-state index >= 15 is 0 Å². The zero-order valence-corrected chi connectivity index (χ0v) is 10.4. The van der Waals surface area contributed by atoms with Crippen molar-refractivity contribution in [1.29, 1.82) is 0 Å². The maximum absolute atomic E-state index is 13.4. The fourth-order valence-electron chi connectivity index (χ4n) is 1.76. The Balaban J connectivity index is 2.14. The van der Waals surface area contributed by atoms with Crippen molar-refractivity contribution >= 4 is 0 Å². The van der Waals surface area contributed by atoms with Gasteiger partial charge in [0.05, 0.1) is 12.1 Å². The van der Waals surface area contributed by atoms with Crippen LogP contribution in [0.4, 0.5) is 4.39 Å². The summed E-state index contributed by atoms with van der Waals surface area (Å²) in [4.78, 5) is 0. The molecule has 100 valence electrons. The molecule has 19 heavy (non-hydrogen) atoms. The van der Waals surface area contributed by atoms with Crippen LogP contribution in [0.2, 0.25) is 0 Å². The molecule has 1 unspecified atom stereocenters. The van der Waals surface area contributed by atoms with Crippen LogP contribution in [0.15, 0.2) is 54.6 Å². The minimum atomic E-state index is -1.05. The largest absolute Gasteiger partial charge is 0.488 e. The molecule has 0 amide bonds. The predicted molar refractivity (Wildman–Crippen MR) is 71.3 cm³/mol. The summed E-state index contributed by atoms with van der Waals surface area (Å²) in [5, 5.41) is 9.49. The van der Waals surface area contributed by atoms with E-state index in [1.54, 1.807) is 24.3 Å².